The highest BCUT2D eigenvalue weighted by Gasteiger charge is 2.28. The second kappa shape index (κ2) is 5.63. The van der Waals surface area contributed by atoms with E-state index in [1.807, 2.05) is 4.90 Å². The summed E-state index contributed by atoms with van der Waals surface area (Å²) in [5.74, 6) is 0.718. The highest BCUT2D eigenvalue weighted by Crippen LogP contribution is 2.17. The zero-order valence-corrected chi connectivity index (χ0v) is 10.3. The van der Waals surface area contributed by atoms with Crippen molar-refractivity contribution in [3.05, 3.63) is 12.4 Å². The predicted molar refractivity (Wildman–Crippen MR) is 62.6 cm³/mol. The van der Waals surface area contributed by atoms with E-state index in [0.29, 0.717) is 31.4 Å². The maximum Gasteiger partial charge on any atom is 0.336 e. The van der Waals surface area contributed by atoms with E-state index in [1.165, 1.54) is 20.4 Å². The van der Waals surface area contributed by atoms with Crippen LogP contribution in [0.5, 0.6) is 5.88 Å². The lowest BCUT2D eigenvalue weighted by Gasteiger charge is -2.32. The Morgan fingerprint density at radius 2 is 2.33 bits per heavy atom. The third kappa shape index (κ3) is 2.67. The van der Waals surface area contributed by atoms with E-state index >= 15 is 0 Å². The zero-order valence-electron chi connectivity index (χ0n) is 10.3. The fraction of sp³-hybridized carbons (Fsp3) is 0.545. The molecule has 1 aromatic heterocycles. The number of morpholine rings is 1. The standard InChI is InChI=1S/C11H15N3O4/c1-16-10-6-12-5-9(13-10)14-3-4-18-8(7-14)11(15)17-2/h5-6,8H,3-4,7H2,1-2H3. The molecule has 98 valence electrons. The fourth-order valence-corrected chi connectivity index (χ4v) is 1.72. The van der Waals surface area contributed by atoms with Crippen LogP contribution in [0.1, 0.15) is 0 Å². The van der Waals surface area contributed by atoms with E-state index < -0.39 is 6.10 Å². The molecule has 0 bridgehead atoms. The molecular formula is C11H15N3O4. The summed E-state index contributed by atoms with van der Waals surface area (Å²) in [5.41, 5.74) is 0. The topological polar surface area (TPSA) is 73.8 Å². The number of carbonyl (C=O) groups is 1. The Balaban J connectivity index is 2.10. The molecule has 0 spiro atoms. The van der Waals surface area contributed by atoms with Crippen LogP contribution in [0, 0.1) is 0 Å². The van der Waals surface area contributed by atoms with E-state index in [9.17, 15) is 4.79 Å². The molecule has 0 aromatic carbocycles. The first-order chi connectivity index (χ1) is 8.74. The van der Waals surface area contributed by atoms with Crippen molar-refractivity contribution in [1.82, 2.24) is 9.97 Å². The molecule has 1 atom stereocenters. The monoisotopic (exact) mass is 253 g/mol. The molecule has 1 aliphatic heterocycles. The minimum Gasteiger partial charge on any atom is -0.480 e. The quantitative estimate of drug-likeness (QED) is 0.694. The van der Waals surface area contributed by atoms with Crippen LogP contribution in [0.15, 0.2) is 12.4 Å². The van der Waals surface area contributed by atoms with Gasteiger partial charge in [-0.15, -0.1) is 0 Å². The molecule has 0 radical (unpaired) electrons. The minimum absolute atomic E-state index is 0.379. The summed E-state index contributed by atoms with van der Waals surface area (Å²) in [5, 5.41) is 0. The van der Waals surface area contributed by atoms with Crippen LogP contribution >= 0.6 is 0 Å². The fourth-order valence-electron chi connectivity index (χ4n) is 1.72. The van der Waals surface area contributed by atoms with Crippen LogP contribution in [0.3, 0.4) is 0 Å². The molecular weight excluding hydrogens is 238 g/mol. The van der Waals surface area contributed by atoms with Crippen LogP contribution < -0.4 is 9.64 Å². The van der Waals surface area contributed by atoms with E-state index in [-0.39, 0.29) is 5.97 Å². The van der Waals surface area contributed by atoms with Gasteiger partial charge in [0.05, 0.1) is 39.8 Å². The largest absolute Gasteiger partial charge is 0.480 e. The van der Waals surface area contributed by atoms with Gasteiger partial charge in [0.2, 0.25) is 5.88 Å². The number of anilines is 1. The van der Waals surface area contributed by atoms with Gasteiger partial charge in [-0.3, -0.25) is 4.98 Å². The lowest BCUT2D eigenvalue weighted by atomic mass is 10.3. The third-order valence-electron chi connectivity index (χ3n) is 2.66. The average molecular weight is 253 g/mol. The van der Waals surface area contributed by atoms with Crippen molar-refractivity contribution < 1.29 is 19.0 Å². The van der Waals surface area contributed by atoms with Crippen molar-refractivity contribution in [3.63, 3.8) is 0 Å². The molecule has 7 nitrogen and oxygen atoms in total. The van der Waals surface area contributed by atoms with E-state index in [1.54, 1.807) is 6.20 Å². The van der Waals surface area contributed by atoms with Crippen LogP contribution in [0.4, 0.5) is 5.82 Å². The second-order valence-electron chi connectivity index (χ2n) is 3.75. The number of nitrogens with zero attached hydrogens (tertiary/aromatic N) is 3. The molecule has 1 unspecified atom stereocenters. The molecule has 18 heavy (non-hydrogen) atoms. The second-order valence-corrected chi connectivity index (χ2v) is 3.75. The Labute approximate surface area is 105 Å². The number of aromatic nitrogens is 2. The van der Waals surface area contributed by atoms with Gasteiger partial charge in [-0.1, -0.05) is 0 Å². The first kappa shape index (κ1) is 12.6. The van der Waals surface area contributed by atoms with Gasteiger partial charge in [-0.2, -0.15) is 4.98 Å². The first-order valence-corrected chi connectivity index (χ1v) is 5.55. The van der Waals surface area contributed by atoms with Gasteiger partial charge in [0, 0.05) is 6.54 Å². The van der Waals surface area contributed by atoms with Gasteiger partial charge in [0.15, 0.2) is 11.9 Å². The summed E-state index contributed by atoms with van der Waals surface area (Å²) in [6.45, 7) is 1.49. The van der Waals surface area contributed by atoms with Crippen LogP contribution in [-0.4, -0.2) is 56.0 Å². The Morgan fingerprint density at radius 1 is 1.50 bits per heavy atom. The van der Waals surface area contributed by atoms with Gasteiger partial charge < -0.3 is 19.1 Å². The number of hydrogen-bond acceptors (Lipinski definition) is 7. The molecule has 2 heterocycles. The van der Waals surface area contributed by atoms with Crippen LogP contribution in [0.25, 0.3) is 0 Å². The molecule has 1 aromatic rings. The van der Waals surface area contributed by atoms with Crippen molar-refractivity contribution in [2.75, 3.05) is 38.8 Å². The molecule has 0 amide bonds. The van der Waals surface area contributed by atoms with Crippen molar-refractivity contribution >= 4 is 11.8 Å². The van der Waals surface area contributed by atoms with Gasteiger partial charge in [-0.05, 0) is 0 Å². The Bertz CT molecular complexity index is 427. The highest BCUT2D eigenvalue weighted by atomic mass is 16.6. The summed E-state index contributed by atoms with van der Waals surface area (Å²) in [6.07, 6.45) is 2.57. The number of rotatable bonds is 3. The van der Waals surface area contributed by atoms with Crippen LogP contribution in [-0.2, 0) is 14.3 Å². The Kier molecular flexibility index (Phi) is 3.93. The molecule has 0 aliphatic carbocycles. The average Bonchev–Trinajstić information content (AvgIpc) is 2.46. The van der Waals surface area contributed by atoms with Gasteiger partial charge in [0.1, 0.15) is 0 Å². The molecule has 0 N–H and O–H groups in total. The zero-order chi connectivity index (χ0) is 13.0. The number of ether oxygens (including phenoxy) is 3. The van der Waals surface area contributed by atoms with Crippen LogP contribution in [0.2, 0.25) is 0 Å². The van der Waals surface area contributed by atoms with E-state index in [0.717, 1.165) is 0 Å². The maximum atomic E-state index is 11.4. The highest BCUT2D eigenvalue weighted by molar-refractivity contribution is 5.75. The normalized spacial score (nSPS) is 19.4. The van der Waals surface area contributed by atoms with Gasteiger partial charge >= 0.3 is 5.97 Å². The summed E-state index contributed by atoms with van der Waals surface area (Å²) in [7, 11) is 2.88. The molecule has 7 heteroatoms. The molecule has 1 aliphatic rings. The molecule has 1 fully saturated rings. The maximum absolute atomic E-state index is 11.4. The molecule has 2 rings (SSSR count). The molecule has 0 saturated carbocycles. The van der Waals surface area contributed by atoms with Crippen molar-refractivity contribution in [2.45, 2.75) is 6.10 Å². The van der Waals surface area contributed by atoms with Crippen molar-refractivity contribution in [3.8, 4) is 5.88 Å². The lowest BCUT2D eigenvalue weighted by molar-refractivity contribution is -0.154. The number of methoxy groups -OCH3 is 2. The minimum atomic E-state index is -0.586. The van der Waals surface area contributed by atoms with E-state index in [4.69, 9.17) is 9.47 Å². The summed E-state index contributed by atoms with van der Waals surface area (Å²) >= 11 is 0. The lowest BCUT2D eigenvalue weighted by Crippen LogP contribution is -2.46. The van der Waals surface area contributed by atoms with E-state index in [2.05, 4.69) is 14.7 Å². The Hall–Kier alpha value is -1.89. The summed E-state index contributed by atoms with van der Waals surface area (Å²) < 4.78 is 15.0. The summed E-state index contributed by atoms with van der Waals surface area (Å²) in [6, 6.07) is 0. The Morgan fingerprint density at radius 3 is 3.06 bits per heavy atom. The number of esters is 1. The van der Waals surface area contributed by atoms with Gasteiger partial charge in [-0.25, -0.2) is 4.79 Å². The number of carbonyl (C=O) groups excluding carboxylic acids is 1. The molecule has 1 saturated heterocycles. The van der Waals surface area contributed by atoms with Gasteiger partial charge in [0.25, 0.3) is 0 Å². The van der Waals surface area contributed by atoms with Crippen molar-refractivity contribution in [1.29, 1.82) is 0 Å². The predicted octanol–water partition coefficient (Wildman–Crippen LogP) is -0.137. The van der Waals surface area contributed by atoms with Crippen molar-refractivity contribution in [2.24, 2.45) is 0 Å². The first-order valence-electron chi connectivity index (χ1n) is 5.55. The smallest absolute Gasteiger partial charge is 0.336 e. The SMILES string of the molecule is COC(=O)C1CN(c2cncc(OC)n2)CCO1. The third-order valence-corrected chi connectivity index (χ3v) is 2.66. The number of hydrogen-bond donors (Lipinski definition) is 0. The summed E-state index contributed by atoms with van der Waals surface area (Å²) in [4.78, 5) is 21.7.